The quantitative estimate of drug-likeness (QED) is 0.800. The Morgan fingerprint density at radius 3 is 2.73 bits per heavy atom. The number of rotatable bonds is 4. The highest BCUT2D eigenvalue weighted by Gasteiger charge is 2.12. The third kappa shape index (κ3) is 3.37. The van der Waals surface area contributed by atoms with Crippen molar-refractivity contribution < 1.29 is 9.32 Å². The molecule has 0 atom stereocenters. The lowest BCUT2D eigenvalue weighted by atomic mass is 10.2. The summed E-state index contributed by atoms with van der Waals surface area (Å²) < 4.78 is 5.25. The van der Waals surface area contributed by atoms with Crippen molar-refractivity contribution in [2.45, 2.75) is 20.3 Å². The van der Waals surface area contributed by atoms with E-state index in [4.69, 9.17) is 4.52 Å². The fourth-order valence-corrected chi connectivity index (χ4v) is 2.72. The van der Waals surface area contributed by atoms with E-state index in [2.05, 4.69) is 20.4 Å². The van der Waals surface area contributed by atoms with E-state index in [1.165, 1.54) is 0 Å². The van der Waals surface area contributed by atoms with E-state index in [1.807, 2.05) is 37.4 Å². The lowest BCUT2D eigenvalue weighted by molar-refractivity contribution is -0.115. The molecule has 0 bridgehead atoms. The van der Waals surface area contributed by atoms with E-state index in [0.717, 1.165) is 16.3 Å². The largest absolute Gasteiger partial charge is 0.355 e. The average Bonchev–Trinajstić information content (AvgIpc) is 3.07. The third-order valence-corrected chi connectivity index (χ3v) is 3.78. The molecule has 7 heteroatoms. The number of hydrogen-bond donors (Lipinski definition) is 1. The minimum Gasteiger partial charge on any atom is -0.355 e. The summed E-state index contributed by atoms with van der Waals surface area (Å²) >= 11 is 1.56. The molecule has 0 aromatic carbocycles. The minimum atomic E-state index is -0.226. The van der Waals surface area contributed by atoms with Gasteiger partial charge in [-0.05, 0) is 31.4 Å². The van der Waals surface area contributed by atoms with Gasteiger partial charge in [0.05, 0.1) is 17.0 Å². The molecular weight excluding hydrogens is 300 g/mol. The van der Waals surface area contributed by atoms with Crippen LogP contribution in [0.5, 0.6) is 0 Å². The third-order valence-electron chi connectivity index (χ3n) is 2.90. The van der Waals surface area contributed by atoms with Crippen LogP contribution in [0, 0.1) is 13.8 Å². The Morgan fingerprint density at radius 2 is 2.05 bits per heavy atom. The van der Waals surface area contributed by atoms with Crippen LogP contribution in [0.3, 0.4) is 0 Å². The number of carbonyl (C=O) groups is 1. The standard InChI is InChI=1S/C15H14N4O2S/c1-9-6-10(2)17-15(16-9)18-14(20)8-11-7-12(21-19-11)13-4-3-5-22-13/h3-7H,8H2,1-2H3,(H,16,17,18,20). The van der Waals surface area contributed by atoms with Gasteiger partial charge in [-0.15, -0.1) is 11.3 Å². The zero-order valence-electron chi connectivity index (χ0n) is 12.2. The first-order chi connectivity index (χ1) is 10.6. The van der Waals surface area contributed by atoms with Crippen LogP contribution in [0.25, 0.3) is 10.6 Å². The van der Waals surface area contributed by atoms with Gasteiger partial charge in [-0.1, -0.05) is 11.2 Å². The van der Waals surface area contributed by atoms with Gasteiger partial charge in [0, 0.05) is 17.5 Å². The fourth-order valence-electron chi connectivity index (χ4n) is 2.05. The number of amides is 1. The van der Waals surface area contributed by atoms with Crippen molar-refractivity contribution in [3.05, 3.63) is 46.7 Å². The molecule has 1 amide bonds. The number of carbonyl (C=O) groups excluding carboxylic acids is 1. The van der Waals surface area contributed by atoms with Crippen LogP contribution in [0.1, 0.15) is 17.1 Å². The zero-order chi connectivity index (χ0) is 15.5. The summed E-state index contributed by atoms with van der Waals surface area (Å²) in [6.07, 6.45) is 0.116. The van der Waals surface area contributed by atoms with Crippen LogP contribution >= 0.6 is 11.3 Å². The van der Waals surface area contributed by atoms with Crippen molar-refractivity contribution in [1.29, 1.82) is 0 Å². The number of aromatic nitrogens is 3. The maximum absolute atomic E-state index is 12.0. The number of hydrogen-bond acceptors (Lipinski definition) is 6. The number of nitrogens with one attached hydrogen (secondary N) is 1. The molecule has 3 aromatic rings. The van der Waals surface area contributed by atoms with Crippen LogP contribution in [0.4, 0.5) is 5.95 Å². The van der Waals surface area contributed by atoms with E-state index in [9.17, 15) is 4.79 Å². The second-order valence-corrected chi connectivity index (χ2v) is 5.81. The Kier molecular flexibility index (Phi) is 3.97. The summed E-state index contributed by atoms with van der Waals surface area (Å²) in [6.45, 7) is 3.71. The van der Waals surface area contributed by atoms with E-state index >= 15 is 0 Å². The second-order valence-electron chi connectivity index (χ2n) is 4.86. The molecule has 1 N–H and O–H groups in total. The van der Waals surface area contributed by atoms with Crippen molar-refractivity contribution in [1.82, 2.24) is 15.1 Å². The van der Waals surface area contributed by atoms with Crippen LogP contribution < -0.4 is 5.32 Å². The first-order valence-electron chi connectivity index (χ1n) is 6.72. The van der Waals surface area contributed by atoms with Gasteiger partial charge in [-0.3, -0.25) is 10.1 Å². The summed E-state index contributed by atoms with van der Waals surface area (Å²) in [5.41, 5.74) is 2.19. The van der Waals surface area contributed by atoms with Crippen LogP contribution in [-0.4, -0.2) is 21.0 Å². The van der Waals surface area contributed by atoms with Gasteiger partial charge >= 0.3 is 0 Å². The number of anilines is 1. The first-order valence-corrected chi connectivity index (χ1v) is 7.60. The molecule has 0 aliphatic carbocycles. The number of nitrogens with zero attached hydrogens (tertiary/aromatic N) is 3. The molecule has 112 valence electrons. The monoisotopic (exact) mass is 314 g/mol. The number of thiophene rings is 1. The highest BCUT2D eigenvalue weighted by atomic mass is 32.1. The van der Waals surface area contributed by atoms with Gasteiger partial charge < -0.3 is 4.52 Å². The lowest BCUT2D eigenvalue weighted by Crippen LogP contribution is -2.17. The molecule has 0 radical (unpaired) electrons. The summed E-state index contributed by atoms with van der Waals surface area (Å²) in [4.78, 5) is 21.4. The molecule has 0 saturated heterocycles. The zero-order valence-corrected chi connectivity index (χ0v) is 13.0. The van der Waals surface area contributed by atoms with E-state index in [1.54, 1.807) is 17.4 Å². The maximum atomic E-state index is 12.0. The minimum absolute atomic E-state index is 0.116. The molecule has 6 nitrogen and oxygen atoms in total. The predicted octanol–water partition coefficient (Wildman–Crippen LogP) is 2.99. The Hall–Kier alpha value is -2.54. The fraction of sp³-hybridized carbons (Fsp3) is 0.200. The van der Waals surface area contributed by atoms with Crippen molar-refractivity contribution >= 4 is 23.2 Å². The summed E-state index contributed by atoms with van der Waals surface area (Å²) in [5, 5.41) is 8.55. The first kappa shape index (κ1) is 14.4. The molecule has 0 saturated carbocycles. The van der Waals surface area contributed by atoms with Crippen LogP contribution in [-0.2, 0) is 11.2 Å². The van der Waals surface area contributed by atoms with E-state index in [-0.39, 0.29) is 12.3 Å². The second kappa shape index (κ2) is 6.07. The summed E-state index contributed by atoms with van der Waals surface area (Å²) in [7, 11) is 0. The Bertz CT molecular complexity index is 775. The molecule has 0 fully saturated rings. The summed E-state index contributed by atoms with van der Waals surface area (Å²) in [6, 6.07) is 7.50. The highest BCUT2D eigenvalue weighted by molar-refractivity contribution is 7.13. The molecule has 0 spiro atoms. The maximum Gasteiger partial charge on any atom is 0.232 e. The predicted molar refractivity (Wildman–Crippen MR) is 83.7 cm³/mol. The Morgan fingerprint density at radius 1 is 1.27 bits per heavy atom. The molecule has 22 heavy (non-hydrogen) atoms. The van der Waals surface area contributed by atoms with Crippen molar-refractivity contribution in [2.75, 3.05) is 5.32 Å². The van der Waals surface area contributed by atoms with Gasteiger partial charge in [0.15, 0.2) is 5.76 Å². The van der Waals surface area contributed by atoms with Crippen LogP contribution in [0.15, 0.2) is 34.2 Å². The smallest absolute Gasteiger partial charge is 0.232 e. The molecular formula is C15H14N4O2S. The molecule has 3 heterocycles. The van der Waals surface area contributed by atoms with E-state index < -0.39 is 0 Å². The Labute approximate surface area is 131 Å². The van der Waals surface area contributed by atoms with Crippen molar-refractivity contribution in [2.24, 2.45) is 0 Å². The van der Waals surface area contributed by atoms with Crippen molar-refractivity contribution in [3.8, 4) is 10.6 Å². The average molecular weight is 314 g/mol. The van der Waals surface area contributed by atoms with Gasteiger partial charge in [0.25, 0.3) is 0 Å². The molecule has 0 unspecified atom stereocenters. The van der Waals surface area contributed by atoms with Crippen molar-refractivity contribution in [3.63, 3.8) is 0 Å². The normalized spacial score (nSPS) is 10.6. The SMILES string of the molecule is Cc1cc(C)nc(NC(=O)Cc2cc(-c3cccs3)on2)n1. The lowest BCUT2D eigenvalue weighted by Gasteiger charge is -2.04. The molecule has 3 rings (SSSR count). The highest BCUT2D eigenvalue weighted by Crippen LogP contribution is 2.25. The topological polar surface area (TPSA) is 80.9 Å². The molecule has 0 aliphatic heterocycles. The number of aryl methyl sites for hydroxylation is 2. The van der Waals surface area contributed by atoms with Gasteiger partial charge in [0.2, 0.25) is 11.9 Å². The van der Waals surface area contributed by atoms with Crippen LogP contribution in [0.2, 0.25) is 0 Å². The van der Waals surface area contributed by atoms with Gasteiger partial charge in [-0.25, -0.2) is 9.97 Å². The van der Waals surface area contributed by atoms with E-state index in [0.29, 0.717) is 17.4 Å². The molecule has 3 aromatic heterocycles. The van der Waals surface area contributed by atoms with Gasteiger partial charge in [-0.2, -0.15) is 0 Å². The molecule has 0 aliphatic rings. The summed E-state index contributed by atoms with van der Waals surface area (Å²) in [5.74, 6) is 0.751. The van der Waals surface area contributed by atoms with Gasteiger partial charge in [0.1, 0.15) is 0 Å². The Balaban J connectivity index is 1.67.